The van der Waals surface area contributed by atoms with E-state index < -0.39 is 0 Å². The Labute approximate surface area is 160 Å². The van der Waals surface area contributed by atoms with Gasteiger partial charge in [0.1, 0.15) is 5.75 Å². The fraction of sp³-hybridized carbons (Fsp3) is 0.364. The predicted molar refractivity (Wildman–Crippen MR) is 106 cm³/mol. The number of aryl methyl sites for hydroxylation is 2. The van der Waals surface area contributed by atoms with Gasteiger partial charge in [0.05, 0.1) is 13.0 Å². The minimum Gasteiger partial charge on any atom is -0.497 e. The molecule has 1 saturated heterocycles. The Balaban J connectivity index is 1.56. The molecule has 27 heavy (non-hydrogen) atoms. The van der Waals surface area contributed by atoms with Gasteiger partial charge in [-0.3, -0.25) is 9.59 Å². The highest BCUT2D eigenvalue weighted by molar-refractivity contribution is 6.00. The first kappa shape index (κ1) is 19.0. The number of carbonyl (C=O) groups is 2. The molecule has 1 aliphatic heterocycles. The van der Waals surface area contributed by atoms with E-state index in [1.54, 1.807) is 12.0 Å². The summed E-state index contributed by atoms with van der Waals surface area (Å²) in [6, 6.07) is 13.9. The first-order chi connectivity index (χ1) is 13.0. The number of nitrogens with one attached hydrogen (secondary N) is 1. The first-order valence-corrected chi connectivity index (χ1v) is 9.26. The van der Waals surface area contributed by atoms with Crippen LogP contribution in [0.15, 0.2) is 42.5 Å². The second kappa shape index (κ2) is 8.25. The summed E-state index contributed by atoms with van der Waals surface area (Å²) in [5.41, 5.74) is 4.17. The predicted octanol–water partition coefficient (Wildman–Crippen LogP) is 3.02. The van der Waals surface area contributed by atoms with Gasteiger partial charge in [0.15, 0.2) is 0 Å². The summed E-state index contributed by atoms with van der Waals surface area (Å²) in [7, 11) is 1.64. The highest BCUT2D eigenvalue weighted by Crippen LogP contribution is 2.28. The Kier molecular flexibility index (Phi) is 5.79. The molecular weight excluding hydrogens is 340 g/mol. The third-order valence-electron chi connectivity index (χ3n) is 5.00. The van der Waals surface area contributed by atoms with Gasteiger partial charge in [-0.05, 0) is 55.2 Å². The first-order valence-electron chi connectivity index (χ1n) is 9.26. The number of methoxy groups -OCH3 is 1. The van der Waals surface area contributed by atoms with Crippen LogP contribution in [0.1, 0.15) is 23.1 Å². The number of anilines is 1. The van der Waals surface area contributed by atoms with E-state index >= 15 is 0 Å². The maximum Gasteiger partial charge on any atom is 0.227 e. The van der Waals surface area contributed by atoms with Gasteiger partial charge in [0.2, 0.25) is 11.8 Å². The van der Waals surface area contributed by atoms with Gasteiger partial charge in [-0.1, -0.05) is 24.3 Å². The minimum absolute atomic E-state index is 0.0108. The lowest BCUT2D eigenvalue weighted by Crippen LogP contribution is -2.34. The van der Waals surface area contributed by atoms with Crippen molar-refractivity contribution in [1.82, 2.24) is 5.32 Å². The molecule has 0 aromatic heterocycles. The molecular formula is C22H26N2O3. The van der Waals surface area contributed by atoms with Gasteiger partial charge >= 0.3 is 0 Å². The summed E-state index contributed by atoms with van der Waals surface area (Å²) in [5, 5.41) is 2.97. The topological polar surface area (TPSA) is 58.6 Å². The molecule has 1 aliphatic rings. The van der Waals surface area contributed by atoms with E-state index in [0.717, 1.165) is 34.5 Å². The van der Waals surface area contributed by atoms with E-state index in [1.165, 1.54) is 0 Å². The monoisotopic (exact) mass is 366 g/mol. The molecule has 2 amide bonds. The number of amides is 2. The molecule has 2 aromatic carbocycles. The molecule has 0 spiro atoms. The van der Waals surface area contributed by atoms with E-state index in [1.807, 2.05) is 56.3 Å². The van der Waals surface area contributed by atoms with Crippen LogP contribution < -0.4 is 15.0 Å². The molecule has 0 radical (unpaired) electrons. The Hall–Kier alpha value is -2.82. The van der Waals surface area contributed by atoms with Crippen molar-refractivity contribution in [2.24, 2.45) is 5.92 Å². The minimum atomic E-state index is -0.303. The quantitative estimate of drug-likeness (QED) is 0.855. The molecule has 1 fully saturated rings. The second-order valence-corrected chi connectivity index (χ2v) is 7.09. The average molecular weight is 366 g/mol. The molecule has 1 atom stereocenters. The smallest absolute Gasteiger partial charge is 0.227 e. The number of ether oxygens (including phenoxy) is 1. The van der Waals surface area contributed by atoms with Crippen molar-refractivity contribution in [3.63, 3.8) is 0 Å². The van der Waals surface area contributed by atoms with E-state index in [2.05, 4.69) is 5.32 Å². The van der Waals surface area contributed by atoms with Gasteiger partial charge in [-0.15, -0.1) is 0 Å². The molecule has 142 valence electrons. The molecule has 0 aliphatic carbocycles. The molecule has 0 saturated carbocycles. The van der Waals surface area contributed by atoms with Crippen molar-refractivity contribution in [1.29, 1.82) is 0 Å². The Morgan fingerprint density at radius 3 is 2.81 bits per heavy atom. The maximum absolute atomic E-state index is 12.5. The largest absolute Gasteiger partial charge is 0.497 e. The van der Waals surface area contributed by atoms with Gasteiger partial charge in [0, 0.05) is 25.2 Å². The lowest BCUT2D eigenvalue weighted by molar-refractivity contribution is -0.126. The average Bonchev–Trinajstić information content (AvgIpc) is 3.05. The number of hydrogen-bond acceptors (Lipinski definition) is 3. The van der Waals surface area contributed by atoms with E-state index in [9.17, 15) is 9.59 Å². The van der Waals surface area contributed by atoms with Crippen molar-refractivity contribution in [3.8, 4) is 5.75 Å². The van der Waals surface area contributed by atoms with Gasteiger partial charge in [-0.25, -0.2) is 0 Å². The number of rotatable bonds is 6. The maximum atomic E-state index is 12.5. The van der Waals surface area contributed by atoms with Crippen LogP contribution >= 0.6 is 0 Å². The summed E-state index contributed by atoms with van der Waals surface area (Å²) in [6.45, 7) is 4.98. The normalized spacial score (nSPS) is 16.5. The number of hydrogen-bond donors (Lipinski definition) is 1. The third-order valence-corrected chi connectivity index (χ3v) is 5.00. The number of nitrogens with zero attached hydrogens (tertiary/aromatic N) is 1. The van der Waals surface area contributed by atoms with E-state index in [4.69, 9.17) is 4.74 Å². The van der Waals surface area contributed by atoms with Crippen molar-refractivity contribution in [2.45, 2.75) is 26.7 Å². The van der Waals surface area contributed by atoms with Crippen LogP contribution in [0.2, 0.25) is 0 Å². The molecule has 2 aromatic rings. The molecule has 1 heterocycles. The molecule has 1 N–H and O–H groups in total. The lowest BCUT2D eigenvalue weighted by atomic mass is 10.1. The standard InChI is InChI=1S/C22H26N2O3/c1-15-7-8-16(2)20(11-15)24-14-18(13-21(24)25)22(26)23-10-9-17-5-4-6-19(12-17)27-3/h4-8,11-12,18H,9-10,13-14H2,1-3H3,(H,23,26). The zero-order valence-electron chi connectivity index (χ0n) is 16.1. The molecule has 5 nitrogen and oxygen atoms in total. The fourth-order valence-electron chi connectivity index (χ4n) is 3.43. The Bertz CT molecular complexity index is 847. The van der Waals surface area contributed by atoms with Crippen LogP contribution in [-0.2, 0) is 16.0 Å². The SMILES string of the molecule is COc1cccc(CCNC(=O)C2CC(=O)N(c3cc(C)ccc3C)C2)c1. The fourth-order valence-corrected chi connectivity index (χ4v) is 3.43. The van der Waals surface area contributed by atoms with Crippen molar-refractivity contribution >= 4 is 17.5 Å². The second-order valence-electron chi connectivity index (χ2n) is 7.09. The molecule has 0 bridgehead atoms. The van der Waals surface area contributed by atoms with Crippen LogP contribution in [0.25, 0.3) is 0 Å². The van der Waals surface area contributed by atoms with E-state index in [-0.39, 0.29) is 24.2 Å². The summed E-state index contributed by atoms with van der Waals surface area (Å²) in [4.78, 5) is 26.7. The summed E-state index contributed by atoms with van der Waals surface area (Å²) >= 11 is 0. The van der Waals surface area contributed by atoms with Crippen LogP contribution in [0.4, 0.5) is 5.69 Å². The van der Waals surface area contributed by atoms with Crippen LogP contribution in [0, 0.1) is 19.8 Å². The number of carbonyl (C=O) groups excluding carboxylic acids is 2. The van der Waals surface area contributed by atoms with Crippen LogP contribution in [0.5, 0.6) is 5.75 Å². The van der Waals surface area contributed by atoms with Crippen LogP contribution in [-0.4, -0.2) is 32.0 Å². The zero-order valence-corrected chi connectivity index (χ0v) is 16.1. The lowest BCUT2D eigenvalue weighted by Gasteiger charge is -2.19. The van der Waals surface area contributed by atoms with E-state index in [0.29, 0.717) is 13.1 Å². The molecule has 5 heteroatoms. The third kappa shape index (κ3) is 4.48. The highest BCUT2D eigenvalue weighted by atomic mass is 16.5. The van der Waals surface area contributed by atoms with Crippen LogP contribution in [0.3, 0.4) is 0 Å². The van der Waals surface area contributed by atoms with Crippen molar-refractivity contribution in [3.05, 3.63) is 59.2 Å². The molecule has 1 unspecified atom stereocenters. The highest BCUT2D eigenvalue weighted by Gasteiger charge is 2.35. The van der Waals surface area contributed by atoms with Gasteiger partial charge < -0.3 is 15.0 Å². The number of benzene rings is 2. The summed E-state index contributed by atoms with van der Waals surface area (Å²) < 4.78 is 5.22. The van der Waals surface area contributed by atoms with Crippen molar-refractivity contribution in [2.75, 3.05) is 25.1 Å². The van der Waals surface area contributed by atoms with Gasteiger partial charge in [0.25, 0.3) is 0 Å². The van der Waals surface area contributed by atoms with Crippen molar-refractivity contribution < 1.29 is 14.3 Å². The van der Waals surface area contributed by atoms with Gasteiger partial charge in [-0.2, -0.15) is 0 Å². The summed E-state index contributed by atoms with van der Waals surface area (Å²) in [6.07, 6.45) is 0.989. The summed E-state index contributed by atoms with van der Waals surface area (Å²) in [5.74, 6) is 0.461. The zero-order chi connectivity index (χ0) is 19.4. The molecule has 3 rings (SSSR count). The Morgan fingerprint density at radius 1 is 1.22 bits per heavy atom. The Morgan fingerprint density at radius 2 is 2.04 bits per heavy atom.